The zero-order valence-corrected chi connectivity index (χ0v) is 15.7. The van der Waals surface area contributed by atoms with Crippen molar-refractivity contribution in [3.8, 4) is 11.3 Å². The van der Waals surface area contributed by atoms with E-state index in [9.17, 15) is 4.79 Å². The number of nitrogens with one attached hydrogen (secondary N) is 2. The summed E-state index contributed by atoms with van der Waals surface area (Å²) in [5.41, 5.74) is 14.6. The van der Waals surface area contributed by atoms with Crippen molar-refractivity contribution in [3.05, 3.63) is 65.1 Å². The van der Waals surface area contributed by atoms with Crippen molar-refractivity contribution in [1.29, 1.82) is 0 Å². The molecule has 0 fully saturated rings. The van der Waals surface area contributed by atoms with Gasteiger partial charge in [0.25, 0.3) is 0 Å². The maximum Gasteiger partial charge on any atom is 0.218 e. The van der Waals surface area contributed by atoms with Crippen molar-refractivity contribution in [2.24, 2.45) is 5.73 Å². The molecule has 0 bridgehead atoms. The number of amides is 1. The van der Waals surface area contributed by atoms with E-state index in [0.717, 1.165) is 22.0 Å². The largest absolute Gasteiger partial charge is 0.382 e. The zero-order chi connectivity index (χ0) is 19.7. The quantitative estimate of drug-likeness (QED) is 0.399. The number of primary amides is 1. The lowest BCUT2D eigenvalue weighted by atomic mass is 9.95. The van der Waals surface area contributed by atoms with Crippen molar-refractivity contribution in [2.75, 3.05) is 5.73 Å². The fourth-order valence-corrected chi connectivity index (χ4v) is 3.60. The number of aromatic amines is 2. The number of nitrogen functional groups attached to an aromatic ring is 1. The number of anilines is 1. The molecule has 1 atom stereocenters. The van der Waals surface area contributed by atoms with Gasteiger partial charge in [0.1, 0.15) is 16.7 Å². The van der Waals surface area contributed by atoms with Crippen molar-refractivity contribution in [1.82, 2.24) is 20.2 Å². The van der Waals surface area contributed by atoms with Crippen LogP contribution >= 0.6 is 11.6 Å². The predicted octanol–water partition coefficient (Wildman–Crippen LogP) is 3.39. The molecule has 142 valence electrons. The lowest BCUT2D eigenvalue weighted by Crippen LogP contribution is -2.17. The smallest absolute Gasteiger partial charge is 0.218 e. The summed E-state index contributed by atoms with van der Waals surface area (Å²) in [5, 5.41) is 8.14. The molecule has 2 aromatic heterocycles. The molecule has 4 aromatic rings. The molecular formula is C20H19ClN6O. The van der Waals surface area contributed by atoms with Gasteiger partial charge in [0.05, 0.1) is 5.52 Å². The molecule has 0 unspecified atom stereocenters. The zero-order valence-electron chi connectivity index (χ0n) is 14.9. The third kappa shape index (κ3) is 3.57. The van der Waals surface area contributed by atoms with Gasteiger partial charge in [-0.15, -0.1) is 0 Å². The second-order valence-electron chi connectivity index (χ2n) is 6.71. The average Bonchev–Trinajstić information content (AvgIpc) is 3.24. The molecule has 0 saturated carbocycles. The summed E-state index contributed by atoms with van der Waals surface area (Å²) in [7, 11) is 0. The van der Waals surface area contributed by atoms with E-state index in [1.54, 1.807) is 0 Å². The Balaban J connectivity index is 1.69. The lowest BCUT2D eigenvalue weighted by Gasteiger charge is -2.12. The van der Waals surface area contributed by atoms with Gasteiger partial charge in [0.2, 0.25) is 5.91 Å². The van der Waals surface area contributed by atoms with E-state index in [4.69, 9.17) is 23.1 Å². The molecule has 2 heterocycles. The molecule has 0 aliphatic heterocycles. The van der Waals surface area contributed by atoms with Crippen LogP contribution in [0.2, 0.25) is 5.15 Å². The number of benzene rings is 2. The molecular weight excluding hydrogens is 376 g/mol. The van der Waals surface area contributed by atoms with Crippen LogP contribution in [0, 0.1) is 0 Å². The first-order valence-electron chi connectivity index (χ1n) is 8.83. The van der Waals surface area contributed by atoms with E-state index < -0.39 is 0 Å². The van der Waals surface area contributed by atoms with Crippen molar-refractivity contribution >= 4 is 34.2 Å². The van der Waals surface area contributed by atoms with Gasteiger partial charge in [-0.2, -0.15) is 5.10 Å². The summed E-state index contributed by atoms with van der Waals surface area (Å²) in [6.07, 6.45) is 0.803. The molecule has 4 rings (SSSR count). The Morgan fingerprint density at radius 2 is 1.96 bits per heavy atom. The average molecular weight is 395 g/mol. The Kier molecular flexibility index (Phi) is 4.75. The van der Waals surface area contributed by atoms with Crippen molar-refractivity contribution in [2.45, 2.75) is 18.8 Å². The Morgan fingerprint density at radius 3 is 2.71 bits per heavy atom. The molecule has 0 aliphatic rings. The number of hydrogen-bond donors (Lipinski definition) is 4. The number of nitrogens with two attached hydrogens (primary N) is 2. The molecule has 7 nitrogen and oxygen atoms in total. The van der Waals surface area contributed by atoms with E-state index in [2.05, 4.69) is 20.2 Å². The highest BCUT2D eigenvalue weighted by Gasteiger charge is 2.21. The summed E-state index contributed by atoms with van der Waals surface area (Å²) in [6.45, 7) is 0. The van der Waals surface area contributed by atoms with Crippen LogP contribution in [-0.2, 0) is 11.2 Å². The minimum atomic E-state index is -0.385. The maximum atomic E-state index is 11.6. The number of rotatable bonds is 6. The summed E-state index contributed by atoms with van der Waals surface area (Å²) in [4.78, 5) is 19.4. The first-order chi connectivity index (χ1) is 13.5. The Bertz CT molecular complexity index is 1130. The SMILES string of the molecule is NC(=O)C[C@H](Cc1ccccc1)c1nc(-c2ccc3c(N)n[nH]c3c2)c(Cl)[nH]1. The highest BCUT2D eigenvalue weighted by Crippen LogP contribution is 2.32. The fourth-order valence-electron chi connectivity index (χ4n) is 3.35. The van der Waals surface area contributed by atoms with Crippen LogP contribution in [0.1, 0.15) is 23.7 Å². The molecule has 0 radical (unpaired) electrons. The predicted molar refractivity (Wildman–Crippen MR) is 110 cm³/mol. The molecule has 0 spiro atoms. The van der Waals surface area contributed by atoms with Crippen LogP contribution in [0.5, 0.6) is 0 Å². The molecule has 0 saturated heterocycles. The van der Waals surface area contributed by atoms with Gasteiger partial charge in [-0.25, -0.2) is 4.98 Å². The monoisotopic (exact) mass is 394 g/mol. The molecule has 2 aromatic carbocycles. The van der Waals surface area contributed by atoms with Gasteiger partial charge in [0, 0.05) is 23.3 Å². The van der Waals surface area contributed by atoms with E-state index in [1.165, 1.54) is 0 Å². The molecule has 0 aliphatic carbocycles. The maximum absolute atomic E-state index is 11.6. The highest BCUT2D eigenvalue weighted by atomic mass is 35.5. The Labute approximate surface area is 166 Å². The summed E-state index contributed by atoms with van der Waals surface area (Å²) in [6, 6.07) is 15.5. The number of H-pyrrole nitrogens is 2. The highest BCUT2D eigenvalue weighted by molar-refractivity contribution is 6.32. The topological polar surface area (TPSA) is 126 Å². The Morgan fingerprint density at radius 1 is 1.18 bits per heavy atom. The van der Waals surface area contributed by atoms with Crippen LogP contribution in [-0.4, -0.2) is 26.1 Å². The summed E-state index contributed by atoms with van der Waals surface area (Å²) < 4.78 is 0. The number of carbonyl (C=O) groups is 1. The fraction of sp³-hybridized carbons (Fsp3) is 0.150. The summed E-state index contributed by atoms with van der Waals surface area (Å²) in [5.74, 6) is 0.494. The summed E-state index contributed by atoms with van der Waals surface area (Å²) >= 11 is 6.43. The number of hydrogen-bond acceptors (Lipinski definition) is 4. The molecule has 28 heavy (non-hydrogen) atoms. The van der Waals surface area contributed by atoms with E-state index >= 15 is 0 Å². The van der Waals surface area contributed by atoms with Gasteiger partial charge in [0.15, 0.2) is 5.82 Å². The molecule has 6 N–H and O–H groups in total. The van der Waals surface area contributed by atoms with Crippen LogP contribution in [0.15, 0.2) is 48.5 Å². The van der Waals surface area contributed by atoms with Crippen LogP contribution < -0.4 is 11.5 Å². The van der Waals surface area contributed by atoms with Crippen LogP contribution in [0.4, 0.5) is 5.82 Å². The second kappa shape index (κ2) is 7.36. The van der Waals surface area contributed by atoms with E-state index in [1.807, 2.05) is 48.5 Å². The number of carbonyl (C=O) groups excluding carboxylic acids is 1. The molecule has 1 amide bonds. The third-order valence-electron chi connectivity index (χ3n) is 4.70. The number of imidazole rings is 1. The lowest BCUT2D eigenvalue weighted by molar-refractivity contribution is -0.118. The first-order valence-corrected chi connectivity index (χ1v) is 9.20. The van der Waals surface area contributed by atoms with E-state index in [0.29, 0.717) is 28.9 Å². The minimum Gasteiger partial charge on any atom is -0.382 e. The molecule has 8 heteroatoms. The van der Waals surface area contributed by atoms with Crippen LogP contribution in [0.25, 0.3) is 22.2 Å². The minimum absolute atomic E-state index is 0.175. The second-order valence-corrected chi connectivity index (χ2v) is 7.09. The van der Waals surface area contributed by atoms with Gasteiger partial charge in [-0.1, -0.05) is 48.0 Å². The number of aromatic nitrogens is 4. The van der Waals surface area contributed by atoms with Gasteiger partial charge >= 0.3 is 0 Å². The first kappa shape index (κ1) is 18.1. The standard InChI is InChI=1S/C20H19ClN6O/c21-18-17(12-6-7-14-15(9-12)26-27-19(14)23)24-20(25-18)13(10-16(22)28)8-11-4-2-1-3-5-11/h1-7,9,13H,8,10H2,(H2,22,28)(H,24,25)(H3,23,26,27)/t13-/m0/s1. The van der Waals surface area contributed by atoms with Gasteiger partial charge < -0.3 is 16.5 Å². The Hall–Kier alpha value is -3.32. The van der Waals surface area contributed by atoms with E-state index in [-0.39, 0.29) is 18.2 Å². The van der Waals surface area contributed by atoms with Gasteiger partial charge in [-0.05, 0) is 24.1 Å². The third-order valence-corrected chi connectivity index (χ3v) is 4.98. The number of fused-ring (bicyclic) bond motifs is 1. The van der Waals surface area contributed by atoms with Crippen LogP contribution in [0.3, 0.4) is 0 Å². The van der Waals surface area contributed by atoms with Crippen molar-refractivity contribution in [3.63, 3.8) is 0 Å². The van der Waals surface area contributed by atoms with Crippen molar-refractivity contribution < 1.29 is 4.79 Å². The number of halogens is 1. The van der Waals surface area contributed by atoms with Gasteiger partial charge in [-0.3, -0.25) is 9.89 Å². The normalized spacial score (nSPS) is 12.3. The number of nitrogens with zero attached hydrogens (tertiary/aromatic N) is 2.